The monoisotopic (exact) mass is 227 g/mol. The molecule has 3 heteroatoms. The number of hydrogen-bond donors (Lipinski definition) is 1. The standard InChI is InChI=1S/C14H17N3/c1-2-4-12(5-3-1)6-7-17-11-16-10-14(17)13-8-15-9-13/h1-5,10-11,13,15H,6-9H2. The summed E-state index contributed by atoms with van der Waals surface area (Å²) >= 11 is 0. The molecule has 17 heavy (non-hydrogen) atoms. The van der Waals surface area contributed by atoms with E-state index in [9.17, 15) is 0 Å². The predicted octanol–water partition coefficient (Wildman–Crippen LogP) is 1.81. The van der Waals surface area contributed by atoms with Gasteiger partial charge in [0.2, 0.25) is 0 Å². The molecule has 0 bridgehead atoms. The van der Waals surface area contributed by atoms with Crippen LogP contribution in [-0.2, 0) is 13.0 Å². The fourth-order valence-electron chi connectivity index (χ4n) is 2.25. The summed E-state index contributed by atoms with van der Waals surface area (Å²) < 4.78 is 2.29. The van der Waals surface area contributed by atoms with Crippen molar-refractivity contribution in [3.05, 3.63) is 54.1 Å². The molecule has 1 aromatic heterocycles. The van der Waals surface area contributed by atoms with Gasteiger partial charge in [-0.3, -0.25) is 0 Å². The summed E-state index contributed by atoms with van der Waals surface area (Å²) in [6, 6.07) is 10.6. The van der Waals surface area contributed by atoms with Gasteiger partial charge in [-0.1, -0.05) is 30.3 Å². The van der Waals surface area contributed by atoms with Gasteiger partial charge < -0.3 is 9.88 Å². The molecular formula is C14H17N3. The number of imidazole rings is 1. The highest BCUT2D eigenvalue weighted by Gasteiger charge is 2.21. The fourth-order valence-corrected chi connectivity index (χ4v) is 2.25. The van der Waals surface area contributed by atoms with Gasteiger partial charge in [0.05, 0.1) is 6.33 Å². The first-order valence-corrected chi connectivity index (χ1v) is 6.18. The topological polar surface area (TPSA) is 29.9 Å². The third kappa shape index (κ3) is 2.24. The molecule has 2 heterocycles. The number of benzene rings is 1. The second-order valence-electron chi connectivity index (χ2n) is 4.60. The van der Waals surface area contributed by atoms with E-state index >= 15 is 0 Å². The van der Waals surface area contributed by atoms with E-state index in [1.807, 2.05) is 12.5 Å². The lowest BCUT2D eigenvalue weighted by Gasteiger charge is -2.27. The van der Waals surface area contributed by atoms with E-state index in [4.69, 9.17) is 0 Å². The van der Waals surface area contributed by atoms with Crippen molar-refractivity contribution in [2.45, 2.75) is 18.9 Å². The van der Waals surface area contributed by atoms with Gasteiger partial charge >= 0.3 is 0 Å². The van der Waals surface area contributed by atoms with Crippen molar-refractivity contribution < 1.29 is 0 Å². The summed E-state index contributed by atoms with van der Waals surface area (Å²) in [4.78, 5) is 4.27. The normalized spacial score (nSPS) is 15.8. The fraction of sp³-hybridized carbons (Fsp3) is 0.357. The Hall–Kier alpha value is -1.61. The van der Waals surface area contributed by atoms with E-state index in [0.29, 0.717) is 5.92 Å². The zero-order valence-corrected chi connectivity index (χ0v) is 9.84. The minimum atomic E-state index is 0.660. The quantitative estimate of drug-likeness (QED) is 0.863. The SMILES string of the molecule is c1ccc(CCn2cncc2C2CNC2)cc1. The van der Waals surface area contributed by atoms with Crippen molar-refractivity contribution >= 4 is 0 Å². The minimum Gasteiger partial charge on any atom is -0.334 e. The molecule has 0 saturated carbocycles. The predicted molar refractivity (Wildman–Crippen MR) is 68.0 cm³/mol. The summed E-state index contributed by atoms with van der Waals surface area (Å²) in [6.07, 6.45) is 5.04. The molecule has 1 N–H and O–H groups in total. The number of hydrogen-bond acceptors (Lipinski definition) is 2. The molecule has 3 nitrogen and oxygen atoms in total. The Kier molecular flexibility index (Phi) is 2.92. The third-order valence-corrected chi connectivity index (χ3v) is 3.43. The minimum absolute atomic E-state index is 0.660. The van der Waals surface area contributed by atoms with E-state index in [2.05, 4.69) is 45.2 Å². The van der Waals surface area contributed by atoms with Gasteiger partial charge in [-0.25, -0.2) is 4.98 Å². The Morgan fingerprint density at radius 2 is 2.06 bits per heavy atom. The number of rotatable bonds is 4. The second-order valence-corrected chi connectivity index (χ2v) is 4.60. The van der Waals surface area contributed by atoms with Crippen molar-refractivity contribution in [1.82, 2.24) is 14.9 Å². The second kappa shape index (κ2) is 4.72. The maximum Gasteiger partial charge on any atom is 0.0948 e. The molecule has 3 rings (SSSR count). The molecule has 0 atom stereocenters. The highest BCUT2D eigenvalue weighted by Crippen LogP contribution is 2.19. The molecule has 88 valence electrons. The van der Waals surface area contributed by atoms with E-state index in [0.717, 1.165) is 26.1 Å². The number of aryl methyl sites for hydroxylation is 2. The Labute approximate surface area is 101 Å². The van der Waals surface area contributed by atoms with Gasteiger partial charge in [0, 0.05) is 37.4 Å². The van der Waals surface area contributed by atoms with Crippen molar-refractivity contribution in [1.29, 1.82) is 0 Å². The van der Waals surface area contributed by atoms with Crippen LogP contribution in [0.3, 0.4) is 0 Å². The first-order valence-electron chi connectivity index (χ1n) is 6.18. The van der Waals surface area contributed by atoms with E-state index < -0.39 is 0 Å². The molecule has 0 amide bonds. The Bertz CT molecular complexity index is 471. The average Bonchev–Trinajstić information content (AvgIpc) is 2.74. The van der Waals surface area contributed by atoms with Crippen LogP contribution in [0.25, 0.3) is 0 Å². The highest BCUT2D eigenvalue weighted by molar-refractivity contribution is 5.16. The van der Waals surface area contributed by atoms with Crippen LogP contribution >= 0.6 is 0 Å². The van der Waals surface area contributed by atoms with Crippen molar-refractivity contribution in [2.75, 3.05) is 13.1 Å². The van der Waals surface area contributed by atoms with Crippen LogP contribution in [0.5, 0.6) is 0 Å². The van der Waals surface area contributed by atoms with Crippen molar-refractivity contribution in [3.63, 3.8) is 0 Å². The first-order chi connectivity index (χ1) is 8.43. The molecule has 1 aliphatic heterocycles. The van der Waals surface area contributed by atoms with Crippen LogP contribution in [0.15, 0.2) is 42.9 Å². The maximum atomic E-state index is 4.27. The Balaban J connectivity index is 1.67. The highest BCUT2D eigenvalue weighted by atomic mass is 15.1. The molecule has 1 aliphatic rings. The summed E-state index contributed by atoms with van der Waals surface area (Å²) in [5.74, 6) is 0.660. The molecule has 1 saturated heterocycles. The number of nitrogens with one attached hydrogen (secondary N) is 1. The van der Waals surface area contributed by atoms with Gasteiger partial charge in [-0.05, 0) is 12.0 Å². The summed E-state index contributed by atoms with van der Waals surface area (Å²) in [5, 5.41) is 3.31. The zero-order valence-electron chi connectivity index (χ0n) is 9.84. The zero-order chi connectivity index (χ0) is 11.5. The number of nitrogens with zero attached hydrogens (tertiary/aromatic N) is 2. The van der Waals surface area contributed by atoms with Crippen molar-refractivity contribution in [3.8, 4) is 0 Å². The maximum absolute atomic E-state index is 4.27. The van der Waals surface area contributed by atoms with Gasteiger partial charge in [0.25, 0.3) is 0 Å². The molecule has 1 aromatic carbocycles. The lowest BCUT2D eigenvalue weighted by Crippen LogP contribution is -2.40. The molecule has 2 aromatic rings. The molecule has 0 aliphatic carbocycles. The molecule has 0 unspecified atom stereocenters. The van der Waals surface area contributed by atoms with Crippen LogP contribution in [-0.4, -0.2) is 22.6 Å². The largest absolute Gasteiger partial charge is 0.334 e. The molecule has 1 fully saturated rings. The van der Waals surface area contributed by atoms with Crippen molar-refractivity contribution in [2.24, 2.45) is 0 Å². The molecule has 0 spiro atoms. The van der Waals surface area contributed by atoms with Crippen LogP contribution in [0.2, 0.25) is 0 Å². The van der Waals surface area contributed by atoms with E-state index in [-0.39, 0.29) is 0 Å². The van der Waals surface area contributed by atoms with Gasteiger partial charge in [-0.2, -0.15) is 0 Å². The van der Waals surface area contributed by atoms with Crippen LogP contribution in [0.4, 0.5) is 0 Å². The smallest absolute Gasteiger partial charge is 0.0948 e. The average molecular weight is 227 g/mol. The van der Waals surface area contributed by atoms with E-state index in [1.54, 1.807) is 0 Å². The first kappa shape index (κ1) is 10.5. The van der Waals surface area contributed by atoms with Crippen LogP contribution < -0.4 is 5.32 Å². The van der Waals surface area contributed by atoms with Gasteiger partial charge in [0.1, 0.15) is 0 Å². The van der Waals surface area contributed by atoms with Gasteiger partial charge in [0.15, 0.2) is 0 Å². The lowest BCUT2D eigenvalue weighted by molar-refractivity contribution is 0.423. The summed E-state index contributed by atoms with van der Waals surface area (Å²) in [6.45, 7) is 3.21. The van der Waals surface area contributed by atoms with E-state index in [1.165, 1.54) is 11.3 Å². The third-order valence-electron chi connectivity index (χ3n) is 3.43. The number of aromatic nitrogens is 2. The van der Waals surface area contributed by atoms with Crippen LogP contribution in [0.1, 0.15) is 17.2 Å². The molecular weight excluding hydrogens is 210 g/mol. The summed E-state index contributed by atoms with van der Waals surface area (Å²) in [5.41, 5.74) is 2.76. The Morgan fingerprint density at radius 3 is 2.76 bits per heavy atom. The lowest BCUT2D eigenvalue weighted by atomic mass is 10.00. The summed E-state index contributed by atoms with van der Waals surface area (Å²) in [7, 11) is 0. The van der Waals surface area contributed by atoms with Gasteiger partial charge in [-0.15, -0.1) is 0 Å². The van der Waals surface area contributed by atoms with Crippen LogP contribution in [0, 0.1) is 0 Å². The Morgan fingerprint density at radius 1 is 1.24 bits per heavy atom. The molecule has 0 radical (unpaired) electrons.